The number of aryl methyl sites for hydroxylation is 1. The van der Waals surface area contributed by atoms with E-state index >= 15 is 0 Å². The predicted molar refractivity (Wildman–Crippen MR) is 186 cm³/mol. The molecule has 1 amide bonds. The Kier molecular flexibility index (Phi) is 9.39. The Labute approximate surface area is 283 Å². The van der Waals surface area contributed by atoms with Gasteiger partial charge < -0.3 is 19.6 Å². The Morgan fingerprint density at radius 3 is 2.67 bits per heavy atom. The number of sulfonamides is 1. The summed E-state index contributed by atoms with van der Waals surface area (Å²) in [6, 6.07) is 11.1. The second-order valence-electron chi connectivity index (χ2n) is 14.3. The van der Waals surface area contributed by atoms with Crippen LogP contribution in [0.1, 0.15) is 86.2 Å². The molecule has 2 aliphatic carbocycles. The highest BCUT2D eigenvalue weighted by atomic mass is 35.5. The summed E-state index contributed by atoms with van der Waals surface area (Å²) < 4.78 is 34.9. The first kappa shape index (κ1) is 33.5. The second-order valence-corrected chi connectivity index (χ2v) is 17.4. The van der Waals surface area contributed by atoms with Gasteiger partial charge in [0.15, 0.2) is 0 Å². The van der Waals surface area contributed by atoms with Gasteiger partial charge in [0.1, 0.15) is 12.4 Å². The van der Waals surface area contributed by atoms with Gasteiger partial charge in [-0.05, 0) is 118 Å². The number of carbonyl (C=O) groups excluding carboxylic acids is 1. The monoisotopic (exact) mass is 687 g/mol. The summed E-state index contributed by atoms with van der Waals surface area (Å²) in [7, 11) is -0.0847. The molecule has 2 N–H and O–H groups in total. The number of ether oxygens (including phenoxy) is 1. The number of halogens is 1. The Hall–Kier alpha value is -2.40. The number of hydrogen-bond acceptors (Lipinski definition) is 7. The first-order valence-electron chi connectivity index (χ1n) is 16.6. The summed E-state index contributed by atoms with van der Waals surface area (Å²) in [5.74, 6) is 0.248. The van der Waals surface area contributed by atoms with E-state index in [-0.39, 0.29) is 23.3 Å². The number of rotatable bonds is 2. The summed E-state index contributed by atoms with van der Waals surface area (Å²) in [5.41, 5.74) is 2.31. The van der Waals surface area contributed by atoms with Crippen LogP contribution in [-0.4, -0.2) is 66.9 Å². The average Bonchev–Trinajstić information content (AvgIpc) is 3.66. The highest BCUT2D eigenvalue weighted by molar-refractivity contribution is 7.91. The van der Waals surface area contributed by atoms with Crippen LogP contribution < -0.4 is 14.4 Å². The van der Waals surface area contributed by atoms with Gasteiger partial charge in [-0.25, -0.2) is 13.1 Å². The van der Waals surface area contributed by atoms with Crippen LogP contribution in [-0.2, 0) is 23.1 Å². The van der Waals surface area contributed by atoms with Gasteiger partial charge in [-0.2, -0.15) is 0 Å². The van der Waals surface area contributed by atoms with Crippen molar-refractivity contribution >= 4 is 50.4 Å². The molecule has 4 aliphatic rings. The van der Waals surface area contributed by atoms with Gasteiger partial charge in [0.05, 0.1) is 21.0 Å². The molecular formula is C35H46ClN3O5S2. The van der Waals surface area contributed by atoms with Crippen molar-refractivity contribution in [1.29, 1.82) is 0 Å². The number of carbonyl (C=O) groups is 1. The van der Waals surface area contributed by atoms with Crippen molar-refractivity contribution in [3.05, 3.63) is 58.1 Å². The third-order valence-electron chi connectivity index (χ3n) is 11.1. The third-order valence-corrected chi connectivity index (χ3v) is 14.0. The minimum atomic E-state index is -3.92. The van der Waals surface area contributed by atoms with Crippen molar-refractivity contribution in [2.24, 2.45) is 17.8 Å². The standard InChI is InChI=1S/C35H46ClN3O5S2/c1-34-19-27(34)8-6-15-35(41,20-32(45)38(2)3)29-13-10-25(29)21-39-16-5-4-7-23-17-28(36)12-9-26(23)22-44-31-14-11-24(18-30(31)39)33(40)37-46(34,42)43/h9,11-12,14,17-18,25,27,29,41H,4-8,10,13,15-16,19-22H2,1-3H3,(H,37,40)/t25-,27+,29+,34+,35+/m0/s1. The molecule has 0 saturated heterocycles. The molecule has 0 spiro atoms. The van der Waals surface area contributed by atoms with Crippen LogP contribution in [0.15, 0.2) is 36.4 Å². The maximum atomic E-state index is 13.5. The number of fused-ring (bicyclic) bond motifs is 4. The van der Waals surface area contributed by atoms with E-state index in [1.165, 1.54) is 5.56 Å². The van der Waals surface area contributed by atoms with Gasteiger partial charge in [-0.3, -0.25) is 4.79 Å². The van der Waals surface area contributed by atoms with Crippen molar-refractivity contribution in [2.45, 2.75) is 88.1 Å². The van der Waals surface area contributed by atoms with Gasteiger partial charge >= 0.3 is 0 Å². The minimum Gasteiger partial charge on any atom is -0.487 e. The molecule has 6 rings (SSSR count). The first-order chi connectivity index (χ1) is 21.8. The lowest BCUT2D eigenvalue weighted by atomic mass is 9.62. The van der Waals surface area contributed by atoms with Crippen LogP contribution >= 0.6 is 23.8 Å². The van der Waals surface area contributed by atoms with Crippen LogP contribution in [0.5, 0.6) is 5.75 Å². The van der Waals surface area contributed by atoms with Crippen LogP contribution in [0.2, 0.25) is 5.02 Å². The number of nitrogens with zero attached hydrogens (tertiary/aromatic N) is 2. The molecule has 2 bridgehead atoms. The highest BCUT2D eigenvalue weighted by Gasteiger charge is 2.60. The Balaban J connectivity index is 1.39. The molecule has 0 aromatic heterocycles. The normalized spacial score (nSPS) is 30.9. The summed E-state index contributed by atoms with van der Waals surface area (Å²) >= 11 is 12.1. The number of benzene rings is 2. The average molecular weight is 688 g/mol. The van der Waals surface area contributed by atoms with Crippen LogP contribution in [0.3, 0.4) is 0 Å². The molecule has 2 saturated carbocycles. The zero-order chi connectivity index (χ0) is 32.9. The lowest BCUT2D eigenvalue weighted by Gasteiger charge is -2.50. The topological polar surface area (TPSA) is 99.2 Å². The van der Waals surface area contributed by atoms with Gasteiger partial charge in [0.25, 0.3) is 5.91 Å². The van der Waals surface area contributed by atoms with E-state index in [9.17, 15) is 18.3 Å². The quantitative estimate of drug-likeness (QED) is 0.365. The minimum absolute atomic E-state index is 0.0630. The van der Waals surface area contributed by atoms with Crippen LogP contribution in [0.4, 0.5) is 5.69 Å². The fourth-order valence-corrected chi connectivity index (χ4v) is 9.82. The molecule has 8 nitrogen and oxygen atoms in total. The lowest BCUT2D eigenvalue weighted by Crippen LogP contribution is -2.52. The van der Waals surface area contributed by atoms with Crippen molar-refractivity contribution in [2.75, 3.05) is 32.1 Å². The smallest absolute Gasteiger partial charge is 0.264 e. The van der Waals surface area contributed by atoms with Crippen LogP contribution in [0.25, 0.3) is 0 Å². The van der Waals surface area contributed by atoms with Crippen molar-refractivity contribution < 1.29 is 23.1 Å². The van der Waals surface area contributed by atoms with Gasteiger partial charge in [0, 0.05) is 44.2 Å². The number of hydrogen-bond donors (Lipinski definition) is 2. The van der Waals surface area contributed by atoms with E-state index < -0.39 is 26.3 Å². The van der Waals surface area contributed by atoms with Gasteiger partial charge in [-0.1, -0.05) is 36.3 Å². The Morgan fingerprint density at radius 1 is 1.13 bits per heavy atom. The number of thiocarbonyl (C=S) groups is 1. The predicted octanol–water partition coefficient (Wildman–Crippen LogP) is 6.12. The summed E-state index contributed by atoms with van der Waals surface area (Å²) in [6.07, 6.45) is 7.50. The molecule has 250 valence electrons. The second kappa shape index (κ2) is 12.9. The maximum Gasteiger partial charge on any atom is 0.264 e. The third kappa shape index (κ3) is 6.64. The molecule has 2 aromatic carbocycles. The molecule has 0 unspecified atom stereocenters. The highest BCUT2D eigenvalue weighted by Crippen LogP contribution is 2.53. The van der Waals surface area contributed by atoms with E-state index in [0.29, 0.717) is 56.0 Å². The van der Waals surface area contributed by atoms with Crippen molar-refractivity contribution in [3.8, 4) is 5.75 Å². The SMILES string of the molecule is CN(C)C(=S)C[C@]1(O)CCC[C@@H]2C[C@@]2(C)S(=O)(=O)NC(=O)c2ccc3c(c2)N(CCCCc2cc(Cl)ccc2CO3)C[C@@H]2CC[C@H]21. The number of nitrogens with one attached hydrogen (secondary N) is 1. The zero-order valence-corrected chi connectivity index (χ0v) is 29.4. The molecule has 2 aliphatic heterocycles. The molecular weight excluding hydrogens is 642 g/mol. The summed E-state index contributed by atoms with van der Waals surface area (Å²) in [4.78, 5) is 18.4. The van der Waals surface area contributed by atoms with E-state index in [4.69, 9.17) is 28.6 Å². The molecule has 2 heterocycles. The maximum absolute atomic E-state index is 13.5. The molecule has 0 radical (unpaired) electrons. The molecule has 2 fully saturated rings. The lowest BCUT2D eigenvalue weighted by molar-refractivity contribution is -0.0836. The van der Waals surface area contributed by atoms with E-state index in [0.717, 1.165) is 54.9 Å². The van der Waals surface area contributed by atoms with E-state index in [1.54, 1.807) is 25.1 Å². The molecule has 2 aromatic rings. The zero-order valence-electron chi connectivity index (χ0n) is 27.1. The summed E-state index contributed by atoms with van der Waals surface area (Å²) in [5, 5.41) is 13.1. The largest absolute Gasteiger partial charge is 0.487 e. The summed E-state index contributed by atoms with van der Waals surface area (Å²) in [6.45, 7) is 3.50. The molecule has 46 heavy (non-hydrogen) atoms. The van der Waals surface area contributed by atoms with E-state index in [1.807, 2.05) is 37.2 Å². The molecule has 5 atom stereocenters. The van der Waals surface area contributed by atoms with E-state index in [2.05, 4.69) is 9.62 Å². The Bertz CT molecular complexity index is 1620. The van der Waals surface area contributed by atoms with Crippen molar-refractivity contribution in [1.82, 2.24) is 9.62 Å². The van der Waals surface area contributed by atoms with Gasteiger partial charge in [-0.15, -0.1) is 0 Å². The number of amides is 1. The number of aliphatic hydroxyl groups is 1. The first-order valence-corrected chi connectivity index (χ1v) is 18.8. The fourth-order valence-electron chi connectivity index (χ4n) is 7.80. The fraction of sp³-hybridized carbons (Fsp3) is 0.600. The van der Waals surface area contributed by atoms with Crippen molar-refractivity contribution in [3.63, 3.8) is 0 Å². The Morgan fingerprint density at radius 2 is 1.93 bits per heavy atom. The van der Waals surface area contributed by atoms with Crippen LogP contribution in [0, 0.1) is 17.8 Å². The van der Waals surface area contributed by atoms with Gasteiger partial charge in [0.2, 0.25) is 10.0 Å². The number of anilines is 1. The molecule has 11 heteroatoms.